The summed E-state index contributed by atoms with van der Waals surface area (Å²) in [6.45, 7) is 0. The Balaban J connectivity index is -0.00000121. The second kappa shape index (κ2) is 12.7. The molecule has 25 heavy (non-hydrogen) atoms. The van der Waals surface area contributed by atoms with E-state index in [9.17, 15) is 18.3 Å². The normalized spacial score (nSPS) is 11.2. The zero-order valence-electron chi connectivity index (χ0n) is 14.4. The van der Waals surface area contributed by atoms with Gasteiger partial charge in [0.15, 0.2) is 0 Å². The first-order valence-corrected chi connectivity index (χ1v) is 6.14. The zero-order chi connectivity index (χ0) is 15.3. The zero-order valence-corrected chi connectivity index (χ0v) is 16.8. The largest absolute Gasteiger partial charge is 3.00 e. The molecule has 0 fully saturated rings. The molecule has 0 saturated carbocycles. The van der Waals surface area contributed by atoms with E-state index in [0.717, 1.165) is 0 Å². The van der Waals surface area contributed by atoms with Crippen LogP contribution in [-0.4, -0.2) is 17.0 Å². The Bertz CT molecular complexity index is 653. The van der Waals surface area contributed by atoms with E-state index in [2.05, 4.69) is 4.99 Å². The van der Waals surface area contributed by atoms with Gasteiger partial charge in [0.05, 0.1) is 5.69 Å². The monoisotopic (exact) mass is 426 g/mol. The van der Waals surface area contributed by atoms with Gasteiger partial charge in [0.1, 0.15) is 11.5 Å². The van der Waals surface area contributed by atoms with Crippen molar-refractivity contribution in [3.8, 4) is 0 Å². The Morgan fingerprint density at radius 1 is 0.840 bits per heavy atom. The van der Waals surface area contributed by atoms with Crippen LogP contribution in [0.4, 0.5) is 18.9 Å². The third-order valence-electron chi connectivity index (χ3n) is 2.64. The van der Waals surface area contributed by atoms with E-state index in [1.54, 1.807) is 36.4 Å². The summed E-state index contributed by atoms with van der Waals surface area (Å²) in [4.78, 5) is 3.55. The predicted molar refractivity (Wildman–Crippen MR) is 95.9 cm³/mol. The number of halogens is 3. The Kier molecular flexibility index (Phi) is 14.2. The summed E-state index contributed by atoms with van der Waals surface area (Å²) in [6.07, 6.45) is -4.03. The van der Waals surface area contributed by atoms with Crippen LogP contribution in [0.3, 0.4) is 0 Å². The van der Waals surface area contributed by atoms with Crippen molar-refractivity contribution in [2.75, 3.05) is 0 Å². The Labute approximate surface area is 167 Å². The van der Waals surface area contributed by atoms with Crippen LogP contribution in [-0.2, 0) is 26.2 Å². The summed E-state index contributed by atoms with van der Waals surface area (Å²) in [5.74, 6) is -0.484. The fourth-order valence-corrected chi connectivity index (χ4v) is 1.64. The molecule has 0 aliphatic carbocycles. The quantitative estimate of drug-likeness (QED) is 0.349. The van der Waals surface area contributed by atoms with Gasteiger partial charge in [0.25, 0.3) is 0 Å². The van der Waals surface area contributed by atoms with Gasteiger partial charge in [-0.3, -0.25) is 0 Å². The molecule has 133 valence electrons. The topological polar surface area (TPSA) is 32.6 Å². The molecule has 0 bridgehead atoms. The molecule has 0 saturated heterocycles. The summed E-state index contributed by atoms with van der Waals surface area (Å²) in [7, 11) is 0. The Morgan fingerprint density at radius 3 is 1.72 bits per heavy atom. The molecule has 0 amide bonds. The van der Waals surface area contributed by atoms with E-state index in [1.807, 2.05) is 0 Å². The van der Waals surface area contributed by atoms with Crippen LogP contribution in [0, 0.1) is 22.3 Å². The van der Waals surface area contributed by atoms with Gasteiger partial charge in [0, 0.05) is 11.6 Å². The average molecular weight is 428 g/mol. The minimum atomic E-state index is -4.65. The standard InChI is InChI=1S/C16H12F3NO.3CH3.Zr/c17-16(18,19)15(20-13-9-5-2-6-10-13)11-14(21)12-7-3-1-4-8-12;;;;/h1-11,21H;3*1H3;/q;3*-1;+3/b14-11-,20-15?;;;;. The molecule has 1 radical (unpaired) electrons. The minimum Gasteiger partial charge on any atom is -0.507 e. The maximum absolute atomic E-state index is 13.0. The van der Waals surface area contributed by atoms with Crippen LogP contribution < -0.4 is 0 Å². The summed E-state index contributed by atoms with van der Waals surface area (Å²) >= 11 is 0. The number of aliphatic hydroxyl groups is 1. The number of hydrogen-bond donors (Lipinski definition) is 1. The number of para-hydroxylation sites is 1. The van der Waals surface area contributed by atoms with Crippen LogP contribution in [0.15, 0.2) is 71.7 Å². The maximum atomic E-state index is 13.0. The van der Waals surface area contributed by atoms with Gasteiger partial charge in [-0.25, -0.2) is 4.99 Å². The van der Waals surface area contributed by atoms with E-state index < -0.39 is 17.6 Å². The van der Waals surface area contributed by atoms with Crippen LogP contribution in [0.25, 0.3) is 5.76 Å². The number of aliphatic hydroxyl groups excluding tert-OH is 1. The van der Waals surface area contributed by atoms with Crippen molar-refractivity contribution in [1.82, 2.24) is 0 Å². The Hall–Kier alpha value is -1.68. The molecule has 6 heteroatoms. The smallest absolute Gasteiger partial charge is 0.507 e. The third kappa shape index (κ3) is 8.82. The molecule has 1 N–H and O–H groups in total. The summed E-state index contributed by atoms with van der Waals surface area (Å²) in [6, 6.07) is 15.8. The average Bonchev–Trinajstić information content (AvgIpc) is 2.47. The number of aliphatic imine (C=N–C) groups is 1. The van der Waals surface area contributed by atoms with Gasteiger partial charge in [-0.1, -0.05) is 48.5 Å². The van der Waals surface area contributed by atoms with Gasteiger partial charge in [-0.05, 0) is 12.1 Å². The number of benzene rings is 2. The fourth-order valence-electron chi connectivity index (χ4n) is 1.64. The SMILES string of the molecule is O/C(=C\C(=Nc1ccccc1)C(F)(F)F)c1ccccc1.[CH3-].[CH3-].[CH3-].[Zr+3]. The number of allylic oxidation sites excluding steroid dienone is 1. The molecule has 2 nitrogen and oxygen atoms in total. The molecule has 0 heterocycles. The number of hydrogen-bond acceptors (Lipinski definition) is 2. The van der Waals surface area contributed by atoms with Crippen molar-refractivity contribution in [3.63, 3.8) is 0 Å². The molecule has 2 aromatic carbocycles. The van der Waals surface area contributed by atoms with E-state index in [1.165, 1.54) is 24.3 Å². The first-order chi connectivity index (χ1) is 9.97. The van der Waals surface area contributed by atoms with Crippen molar-refractivity contribution in [2.24, 2.45) is 4.99 Å². The second-order valence-corrected chi connectivity index (χ2v) is 4.23. The maximum Gasteiger partial charge on any atom is 3.00 e. The van der Waals surface area contributed by atoms with Crippen molar-refractivity contribution < 1.29 is 44.5 Å². The summed E-state index contributed by atoms with van der Waals surface area (Å²) in [5, 5.41) is 9.81. The van der Waals surface area contributed by atoms with Gasteiger partial charge in [-0.2, -0.15) is 13.2 Å². The number of nitrogens with zero attached hydrogens (tertiary/aromatic N) is 1. The molecule has 0 unspecified atom stereocenters. The second-order valence-electron chi connectivity index (χ2n) is 4.23. The van der Waals surface area contributed by atoms with Gasteiger partial charge < -0.3 is 27.4 Å². The first-order valence-electron chi connectivity index (χ1n) is 6.14. The first kappa shape index (κ1) is 28.1. The number of rotatable bonds is 3. The predicted octanol–water partition coefficient (Wildman–Crippen LogP) is 6.27. The molecular weight excluding hydrogens is 406 g/mol. The molecule has 0 atom stereocenters. The van der Waals surface area contributed by atoms with Crippen molar-refractivity contribution >= 4 is 17.2 Å². The fraction of sp³-hybridized carbons (Fsp3) is 0.0526. The number of alkyl halides is 3. The Morgan fingerprint density at radius 2 is 1.28 bits per heavy atom. The van der Waals surface area contributed by atoms with Crippen molar-refractivity contribution in [3.05, 3.63) is 94.6 Å². The van der Waals surface area contributed by atoms with E-state index in [0.29, 0.717) is 11.6 Å². The van der Waals surface area contributed by atoms with Gasteiger partial charge in [0.2, 0.25) is 0 Å². The third-order valence-corrected chi connectivity index (χ3v) is 2.64. The molecule has 2 aromatic rings. The summed E-state index contributed by atoms with van der Waals surface area (Å²) in [5.41, 5.74) is -0.695. The molecule has 0 aliphatic rings. The van der Waals surface area contributed by atoms with Gasteiger partial charge in [-0.15, -0.1) is 0 Å². The summed E-state index contributed by atoms with van der Waals surface area (Å²) < 4.78 is 39.0. The minimum absolute atomic E-state index is 0. The van der Waals surface area contributed by atoms with Crippen LogP contribution in [0.1, 0.15) is 5.56 Å². The molecule has 2 rings (SSSR count). The van der Waals surface area contributed by atoms with Gasteiger partial charge >= 0.3 is 32.4 Å². The van der Waals surface area contributed by atoms with E-state index in [-0.39, 0.29) is 54.2 Å². The van der Waals surface area contributed by atoms with Crippen molar-refractivity contribution in [1.29, 1.82) is 0 Å². The van der Waals surface area contributed by atoms with E-state index >= 15 is 0 Å². The van der Waals surface area contributed by atoms with E-state index in [4.69, 9.17) is 0 Å². The molecule has 0 aromatic heterocycles. The van der Waals surface area contributed by atoms with Crippen LogP contribution >= 0.6 is 0 Å². The van der Waals surface area contributed by atoms with Crippen LogP contribution in [0.2, 0.25) is 0 Å². The molecular formula is C19H21F3NOZr. The van der Waals surface area contributed by atoms with Crippen LogP contribution in [0.5, 0.6) is 0 Å². The molecule has 0 spiro atoms. The molecule has 0 aliphatic heterocycles. The van der Waals surface area contributed by atoms with Crippen molar-refractivity contribution in [2.45, 2.75) is 6.18 Å².